The first-order chi connectivity index (χ1) is 11.1. The number of nitrogens with zero attached hydrogens (tertiary/aromatic N) is 1. The molecule has 2 atom stereocenters. The first kappa shape index (κ1) is 14.7. The van der Waals surface area contributed by atoms with Crippen molar-refractivity contribution in [1.82, 2.24) is 4.98 Å². The maximum absolute atomic E-state index is 6.29. The second-order valence-corrected chi connectivity index (χ2v) is 6.61. The van der Waals surface area contributed by atoms with Crippen LogP contribution in [0, 0.1) is 6.92 Å². The highest BCUT2D eigenvalue weighted by molar-refractivity contribution is 6.05. The molecule has 2 N–H and O–H groups in total. The Labute approximate surface area is 135 Å². The standard InChI is InChI=1S/C19H22N2O2/c1-11-8-15(12(2)20)18-16(9-11)17-19(23-18)14(5-6-21-17)13-4-3-7-22-10-13/h5-6,8-9,12-13H,3-4,7,10,20H2,1-2H3. The predicted octanol–water partition coefficient (Wildman–Crippen LogP) is 4.20. The van der Waals surface area contributed by atoms with Crippen molar-refractivity contribution < 1.29 is 9.15 Å². The lowest BCUT2D eigenvalue weighted by Gasteiger charge is -2.22. The number of aromatic nitrogens is 1. The smallest absolute Gasteiger partial charge is 0.157 e. The van der Waals surface area contributed by atoms with Gasteiger partial charge in [0, 0.05) is 41.3 Å². The number of fused-ring (bicyclic) bond motifs is 3. The van der Waals surface area contributed by atoms with Crippen LogP contribution in [0.2, 0.25) is 0 Å². The SMILES string of the molecule is Cc1cc(C(C)N)c2oc3c(C4CCCOC4)ccnc3c2c1. The van der Waals surface area contributed by atoms with Crippen LogP contribution < -0.4 is 5.73 Å². The highest BCUT2D eigenvalue weighted by Crippen LogP contribution is 2.38. The van der Waals surface area contributed by atoms with Crippen LogP contribution in [0.15, 0.2) is 28.8 Å². The number of aryl methyl sites for hydroxylation is 1. The van der Waals surface area contributed by atoms with Crippen molar-refractivity contribution in [1.29, 1.82) is 0 Å². The van der Waals surface area contributed by atoms with Crippen molar-refractivity contribution in [3.63, 3.8) is 0 Å². The van der Waals surface area contributed by atoms with E-state index in [1.807, 2.05) is 13.1 Å². The fraction of sp³-hybridized carbons (Fsp3) is 0.421. The van der Waals surface area contributed by atoms with Gasteiger partial charge in [0.25, 0.3) is 0 Å². The van der Waals surface area contributed by atoms with Crippen molar-refractivity contribution in [2.24, 2.45) is 5.73 Å². The quantitative estimate of drug-likeness (QED) is 0.770. The van der Waals surface area contributed by atoms with E-state index >= 15 is 0 Å². The molecule has 23 heavy (non-hydrogen) atoms. The van der Waals surface area contributed by atoms with Gasteiger partial charge in [-0.1, -0.05) is 6.07 Å². The Balaban J connectivity index is 1.99. The van der Waals surface area contributed by atoms with E-state index in [0.717, 1.165) is 53.7 Å². The maximum Gasteiger partial charge on any atom is 0.157 e. The second-order valence-electron chi connectivity index (χ2n) is 6.61. The van der Waals surface area contributed by atoms with Crippen LogP contribution in [0.1, 0.15) is 48.4 Å². The number of pyridine rings is 1. The minimum Gasteiger partial charge on any atom is -0.454 e. The molecule has 1 fully saturated rings. The largest absolute Gasteiger partial charge is 0.454 e. The summed E-state index contributed by atoms with van der Waals surface area (Å²) in [6.45, 7) is 5.70. The molecule has 3 aromatic rings. The summed E-state index contributed by atoms with van der Waals surface area (Å²) in [5.74, 6) is 0.384. The van der Waals surface area contributed by atoms with E-state index in [1.54, 1.807) is 0 Å². The number of ether oxygens (including phenoxy) is 1. The lowest BCUT2D eigenvalue weighted by Crippen LogP contribution is -2.15. The Morgan fingerprint density at radius 3 is 2.91 bits per heavy atom. The monoisotopic (exact) mass is 310 g/mol. The third-order valence-electron chi connectivity index (χ3n) is 4.75. The predicted molar refractivity (Wildman–Crippen MR) is 91.6 cm³/mol. The van der Waals surface area contributed by atoms with E-state index in [1.165, 1.54) is 11.1 Å². The van der Waals surface area contributed by atoms with Crippen molar-refractivity contribution in [2.45, 2.75) is 38.6 Å². The molecule has 0 saturated carbocycles. The van der Waals surface area contributed by atoms with Crippen LogP contribution in [0.4, 0.5) is 0 Å². The van der Waals surface area contributed by atoms with Gasteiger partial charge in [0.2, 0.25) is 0 Å². The van der Waals surface area contributed by atoms with Crippen molar-refractivity contribution in [3.8, 4) is 0 Å². The Kier molecular flexibility index (Phi) is 3.58. The summed E-state index contributed by atoms with van der Waals surface area (Å²) in [7, 11) is 0. The molecule has 1 aliphatic rings. The van der Waals surface area contributed by atoms with E-state index in [9.17, 15) is 0 Å². The van der Waals surface area contributed by atoms with E-state index in [0.29, 0.717) is 5.92 Å². The van der Waals surface area contributed by atoms with Gasteiger partial charge in [0.05, 0.1) is 6.61 Å². The number of hydrogen-bond donors (Lipinski definition) is 1. The highest BCUT2D eigenvalue weighted by Gasteiger charge is 2.23. The van der Waals surface area contributed by atoms with Crippen LogP contribution in [-0.4, -0.2) is 18.2 Å². The fourth-order valence-corrected chi connectivity index (χ4v) is 3.60. The first-order valence-corrected chi connectivity index (χ1v) is 8.30. The zero-order valence-electron chi connectivity index (χ0n) is 13.6. The molecule has 4 rings (SSSR count). The summed E-state index contributed by atoms with van der Waals surface area (Å²) in [4.78, 5) is 4.59. The number of hydrogen-bond acceptors (Lipinski definition) is 4. The molecule has 2 aromatic heterocycles. The van der Waals surface area contributed by atoms with Gasteiger partial charge in [0.15, 0.2) is 5.58 Å². The zero-order chi connectivity index (χ0) is 16.0. The summed E-state index contributed by atoms with van der Waals surface area (Å²) in [6.07, 6.45) is 4.11. The van der Waals surface area contributed by atoms with E-state index in [-0.39, 0.29) is 6.04 Å². The molecule has 0 aliphatic carbocycles. The molecule has 4 heteroatoms. The Morgan fingerprint density at radius 2 is 2.17 bits per heavy atom. The number of nitrogens with two attached hydrogens (primary N) is 1. The Morgan fingerprint density at radius 1 is 1.30 bits per heavy atom. The zero-order valence-corrected chi connectivity index (χ0v) is 13.6. The fourth-order valence-electron chi connectivity index (χ4n) is 3.60. The van der Waals surface area contributed by atoms with E-state index in [2.05, 4.69) is 30.1 Å². The van der Waals surface area contributed by atoms with Gasteiger partial charge in [-0.05, 0) is 44.4 Å². The Bertz CT molecular complexity index is 861. The van der Waals surface area contributed by atoms with Crippen LogP contribution in [0.5, 0.6) is 0 Å². The minimum absolute atomic E-state index is 0.0700. The summed E-state index contributed by atoms with van der Waals surface area (Å²) >= 11 is 0. The Hall–Kier alpha value is -1.91. The van der Waals surface area contributed by atoms with Gasteiger partial charge in [-0.15, -0.1) is 0 Å². The van der Waals surface area contributed by atoms with Crippen LogP contribution in [0.3, 0.4) is 0 Å². The summed E-state index contributed by atoms with van der Waals surface area (Å²) in [6, 6.07) is 6.25. The van der Waals surface area contributed by atoms with Gasteiger partial charge in [-0.3, -0.25) is 4.98 Å². The molecular formula is C19H22N2O2. The lowest BCUT2D eigenvalue weighted by atomic mass is 9.93. The summed E-state index contributed by atoms with van der Waals surface area (Å²) < 4.78 is 11.9. The second kappa shape index (κ2) is 5.62. The molecular weight excluding hydrogens is 288 g/mol. The molecule has 4 nitrogen and oxygen atoms in total. The molecule has 3 heterocycles. The van der Waals surface area contributed by atoms with Gasteiger partial charge >= 0.3 is 0 Å². The van der Waals surface area contributed by atoms with Crippen LogP contribution in [0.25, 0.3) is 22.1 Å². The average Bonchev–Trinajstić information content (AvgIpc) is 2.93. The third-order valence-corrected chi connectivity index (χ3v) is 4.75. The van der Waals surface area contributed by atoms with Gasteiger partial charge in [-0.25, -0.2) is 0 Å². The normalized spacial score (nSPS) is 20.2. The topological polar surface area (TPSA) is 61.3 Å². The van der Waals surface area contributed by atoms with Crippen LogP contribution >= 0.6 is 0 Å². The highest BCUT2D eigenvalue weighted by atomic mass is 16.5. The van der Waals surface area contributed by atoms with Crippen LogP contribution in [-0.2, 0) is 4.74 Å². The molecule has 0 spiro atoms. The van der Waals surface area contributed by atoms with Gasteiger partial charge < -0.3 is 14.9 Å². The first-order valence-electron chi connectivity index (χ1n) is 8.30. The number of benzene rings is 1. The molecule has 120 valence electrons. The molecule has 1 saturated heterocycles. The van der Waals surface area contributed by atoms with E-state index < -0.39 is 0 Å². The average molecular weight is 310 g/mol. The van der Waals surface area contributed by atoms with E-state index in [4.69, 9.17) is 14.9 Å². The third kappa shape index (κ3) is 2.42. The van der Waals surface area contributed by atoms with Gasteiger partial charge in [-0.2, -0.15) is 0 Å². The molecule has 0 radical (unpaired) electrons. The van der Waals surface area contributed by atoms with Gasteiger partial charge in [0.1, 0.15) is 11.1 Å². The maximum atomic E-state index is 6.29. The summed E-state index contributed by atoms with van der Waals surface area (Å²) in [5.41, 5.74) is 12.3. The molecule has 0 amide bonds. The minimum atomic E-state index is -0.0700. The number of furan rings is 1. The number of rotatable bonds is 2. The molecule has 0 bridgehead atoms. The molecule has 1 aliphatic heterocycles. The van der Waals surface area contributed by atoms with Crippen molar-refractivity contribution in [2.75, 3.05) is 13.2 Å². The van der Waals surface area contributed by atoms with Crippen molar-refractivity contribution in [3.05, 3.63) is 41.1 Å². The molecule has 2 unspecified atom stereocenters. The molecule has 1 aromatic carbocycles. The van der Waals surface area contributed by atoms with Crippen molar-refractivity contribution >= 4 is 22.1 Å². The lowest BCUT2D eigenvalue weighted by molar-refractivity contribution is 0.0805. The summed E-state index contributed by atoms with van der Waals surface area (Å²) in [5, 5.41) is 1.06.